The van der Waals surface area contributed by atoms with Gasteiger partial charge >= 0.3 is 0 Å². The monoisotopic (exact) mass is 619 g/mol. The van der Waals surface area contributed by atoms with Crippen molar-refractivity contribution in [2.75, 3.05) is 0 Å². The Morgan fingerprint density at radius 1 is 0.457 bits per heavy atom. The van der Waals surface area contributed by atoms with Gasteiger partial charge in [-0.25, -0.2) is 0 Å². The Labute approximate surface area is 279 Å². The smallest absolute Gasteiger partial charge is 0.123 e. The van der Waals surface area contributed by atoms with E-state index in [4.69, 9.17) is 0 Å². The second-order valence-corrected chi connectivity index (χ2v) is 17.2. The molecule has 0 aliphatic carbocycles. The molecule has 0 saturated carbocycles. The number of phenolic OH excluding ortho intramolecular Hbond substituents is 2. The summed E-state index contributed by atoms with van der Waals surface area (Å²) >= 11 is 0. The first kappa shape index (κ1) is 35.3. The molecule has 0 atom stereocenters. The lowest BCUT2D eigenvalue weighted by Gasteiger charge is -2.35. The summed E-state index contributed by atoms with van der Waals surface area (Å²) in [6.45, 7) is 27.4. The number of phenols is 2. The van der Waals surface area contributed by atoms with E-state index in [-0.39, 0.29) is 27.7 Å². The van der Waals surface area contributed by atoms with Crippen LogP contribution in [0, 0.1) is 0 Å². The van der Waals surface area contributed by atoms with E-state index >= 15 is 0 Å². The first-order valence-corrected chi connectivity index (χ1v) is 16.8. The Morgan fingerprint density at radius 3 is 0.957 bits per heavy atom. The Kier molecular flexibility index (Phi) is 9.91. The molecule has 46 heavy (non-hydrogen) atoms. The van der Waals surface area contributed by atoms with Crippen LogP contribution in [0.3, 0.4) is 0 Å². The lowest BCUT2D eigenvalue weighted by Crippen LogP contribution is -2.30. The van der Waals surface area contributed by atoms with Crippen molar-refractivity contribution in [3.05, 3.63) is 129 Å². The fraction of sp³-hybridized carbons (Fsp3) is 0.442. The summed E-state index contributed by atoms with van der Waals surface area (Å²) in [5, 5.41) is 23.0. The molecule has 0 unspecified atom stereocenters. The molecular weight excluding hydrogens is 562 g/mol. The molecule has 2 N–H and O–H groups in total. The molecule has 3 nitrogen and oxygen atoms in total. The third-order valence-electron chi connectivity index (χ3n) is 8.94. The summed E-state index contributed by atoms with van der Waals surface area (Å²) in [6.07, 6.45) is 0. The molecule has 0 aliphatic heterocycles. The molecule has 0 saturated heterocycles. The summed E-state index contributed by atoms with van der Waals surface area (Å²) < 4.78 is 0. The summed E-state index contributed by atoms with van der Waals surface area (Å²) in [5.74, 6) is 0.808. The molecule has 0 aromatic heterocycles. The zero-order valence-electron chi connectivity index (χ0n) is 30.4. The van der Waals surface area contributed by atoms with E-state index in [1.165, 1.54) is 22.3 Å². The van der Waals surface area contributed by atoms with E-state index in [0.717, 1.165) is 22.3 Å². The number of rotatable bonds is 7. The third-order valence-corrected chi connectivity index (χ3v) is 8.94. The van der Waals surface area contributed by atoms with Crippen LogP contribution in [0.15, 0.2) is 84.9 Å². The quantitative estimate of drug-likeness (QED) is 0.216. The van der Waals surface area contributed by atoms with Crippen LogP contribution in [0.1, 0.15) is 134 Å². The van der Waals surface area contributed by atoms with Gasteiger partial charge in [0.25, 0.3) is 0 Å². The standard InChI is InChI=1S/C43H57NO2/c1-40(2,3)33-23-29(24-34(38(33)45)41(4,5)6)27-44(37(31-19-15-13-16-20-31)32-21-17-14-18-22-32)28-30-25-35(42(7,8)9)39(46)36(26-30)43(10,11)12/h13-26,37,45-46H,27-28H2,1-12H3. The van der Waals surface area contributed by atoms with Gasteiger partial charge in [0.15, 0.2) is 0 Å². The lowest BCUT2D eigenvalue weighted by molar-refractivity contribution is 0.206. The molecule has 0 amide bonds. The highest BCUT2D eigenvalue weighted by Gasteiger charge is 2.31. The number of benzene rings is 4. The van der Waals surface area contributed by atoms with Gasteiger partial charge in [-0.3, -0.25) is 4.90 Å². The van der Waals surface area contributed by atoms with E-state index in [1.807, 2.05) is 0 Å². The molecule has 0 aliphatic rings. The topological polar surface area (TPSA) is 43.7 Å². The van der Waals surface area contributed by atoms with E-state index < -0.39 is 0 Å². The highest BCUT2D eigenvalue weighted by atomic mass is 16.3. The summed E-state index contributed by atoms with van der Waals surface area (Å²) in [5.41, 5.74) is 7.82. The molecule has 0 heterocycles. The van der Waals surface area contributed by atoms with Gasteiger partial charge < -0.3 is 10.2 Å². The summed E-state index contributed by atoms with van der Waals surface area (Å²) in [7, 11) is 0. The molecule has 0 spiro atoms. The summed E-state index contributed by atoms with van der Waals surface area (Å²) in [4.78, 5) is 2.56. The Morgan fingerprint density at radius 2 is 0.717 bits per heavy atom. The Bertz CT molecular complexity index is 1430. The van der Waals surface area contributed by atoms with Crippen molar-refractivity contribution in [1.82, 2.24) is 4.90 Å². The van der Waals surface area contributed by atoms with E-state index in [1.54, 1.807) is 0 Å². The second-order valence-electron chi connectivity index (χ2n) is 17.2. The minimum absolute atomic E-state index is 0.0163. The van der Waals surface area contributed by atoms with Gasteiger partial charge in [0.2, 0.25) is 0 Å². The molecule has 4 rings (SSSR count). The van der Waals surface area contributed by atoms with Gasteiger partial charge in [0.05, 0.1) is 6.04 Å². The average Bonchev–Trinajstić information content (AvgIpc) is 2.93. The normalized spacial score (nSPS) is 13.1. The average molecular weight is 620 g/mol. The zero-order chi connectivity index (χ0) is 34.2. The van der Waals surface area contributed by atoms with Crippen LogP contribution in [0.5, 0.6) is 11.5 Å². The molecule has 0 fully saturated rings. The second kappa shape index (κ2) is 12.9. The van der Waals surface area contributed by atoms with Crippen LogP contribution in [-0.2, 0) is 34.7 Å². The van der Waals surface area contributed by atoms with Gasteiger partial charge in [-0.15, -0.1) is 0 Å². The number of hydrogen-bond donors (Lipinski definition) is 2. The van der Waals surface area contributed by atoms with Crippen molar-refractivity contribution in [3.8, 4) is 11.5 Å². The lowest BCUT2D eigenvalue weighted by atomic mass is 9.78. The molecular formula is C43H57NO2. The number of nitrogens with zero attached hydrogens (tertiary/aromatic N) is 1. The molecule has 4 aromatic rings. The molecule has 0 radical (unpaired) electrons. The van der Waals surface area contributed by atoms with Gasteiger partial charge in [0, 0.05) is 13.1 Å². The van der Waals surface area contributed by atoms with Crippen LogP contribution < -0.4 is 0 Å². The number of hydrogen-bond acceptors (Lipinski definition) is 3. The van der Waals surface area contributed by atoms with Crippen LogP contribution in [0.25, 0.3) is 0 Å². The van der Waals surface area contributed by atoms with Crippen molar-refractivity contribution in [1.29, 1.82) is 0 Å². The van der Waals surface area contributed by atoms with Crippen LogP contribution in [-0.4, -0.2) is 15.1 Å². The van der Waals surface area contributed by atoms with Crippen molar-refractivity contribution < 1.29 is 10.2 Å². The minimum Gasteiger partial charge on any atom is -0.507 e. The predicted molar refractivity (Wildman–Crippen MR) is 195 cm³/mol. The predicted octanol–water partition coefficient (Wildman–Crippen LogP) is 11.1. The largest absolute Gasteiger partial charge is 0.507 e. The minimum atomic E-state index is -0.219. The highest BCUT2D eigenvalue weighted by Crippen LogP contribution is 2.43. The maximum atomic E-state index is 11.5. The van der Waals surface area contributed by atoms with Gasteiger partial charge in [-0.1, -0.05) is 168 Å². The zero-order valence-corrected chi connectivity index (χ0v) is 30.4. The first-order chi connectivity index (χ1) is 21.2. The van der Waals surface area contributed by atoms with Gasteiger partial charge in [-0.2, -0.15) is 0 Å². The molecule has 3 heteroatoms. The first-order valence-electron chi connectivity index (χ1n) is 16.8. The van der Waals surface area contributed by atoms with Crippen molar-refractivity contribution in [2.24, 2.45) is 0 Å². The van der Waals surface area contributed by atoms with Crippen molar-refractivity contribution in [2.45, 2.75) is 124 Å². The van der Waals surface area contributed by atoms with Crippen molar-refractivity contribution >= 4 is 0 Å². The Hall–Kier alpha value is -3.56. The van der Waals surface area contributed by atoms with Crippen LogP contribution in [0.4, 0.5) is 0 Å². The van der Waals surface area contributed by atoms with E-state index in [0.29, 0.717) is 24.6 Å². The van der Waals surface area contributed by atoms with E-state index in [9.17, 15) is 10.2 Å². The Balaban J connectivity index is 1.99. The van der Waals surface area contributed by atoms with Crippen LogP contribution >= 0.6 is 0 Å². The molecule has 0 bridgehead atoms. The van der Waals surface area contributed by atoms with Crippen LogP contribution in [0.2, 0.25) is 0 Å². The SMILES string of the molecule is CC(C)(C)c1cc(CN(Cc2cc(C(C)(C)C)c(O)c(C(C)(C)C)c2)C(c2ccccc2)c2ccccc2)cc(C(C)(C)C)c1O. The highest BCUT2D eigenvalue weighted by molar-refractivity contribution is 5.51. The fourth-order valence-corrected chi connectivity index (χ4v) is 6.45. The molecule has 4 aromatic carbocycles. The maximum Gasteiger partial charge on any atom is 0.123 e. The number of aromatic hydroxyl groups is 2. The van der Waals surface area contributed by atoms with E-state index in [2.05, 4.69) is 173 Å². The van der Waals surface area contributed by atoms with Gasteiger partial charge in [0.1, 0.15) is 11.5 Å². The van der Waals surface area contributed by atoms with Gasteiger partial charge in [-0.05, 0) is 66.2 Å². The summed E-state index contributed by atoms with van der Waals surface area (Å²) in [6, 6.07) is 30.4. The maximum absolute atomic E-state index is 11.5. The fourth-order valence-electron chi connectivity index (χ4n) is 6.45. The third kappa shape index (κ3) is 8.04. The van der Waals surface area contributed by atoms with Crippen molar-refractivity contribution in [3.63, 3.8) is 0 Å². The molecule has 246 valence electrons.